The van der Waals surface area contributed by atoms with Crippen molar-refractivity contribution in [2.24, 2.45) is 11.3 Å². The number of carbonyl (C=O) groups is 2. The molecule has 1 fully saturated rings. The van der Waals surface area contributed by atoms with Crippen LogP contribution in [-0.4, -0.2) is 22.6 Å². The molecule has 1 unspecified atom stereocenters. The molecule has 0 aromatic heterocycles. The van der Waals surface area contributed by atoms with Gasteiger partial charge in [-0.15, -0.1) is 0 Å². The maximum absolute atomic E-state index is 12.2. The minimum Gasteiger partial charge on any atom is -0.481 e. The Hall–Kier alpha value is -2.62. The molecule has 0 amide bonds. The zero-order valence-corrected chi connectivity index (χ0v) is 21.6. The summed E-state index contributed by atoms with van der Waals surface area (Å²) in [6.07, 6.45) is 5.29. The largest absolute Gasteiger partial charge is 0.481 e. The predicted molar refractivity (Wildman–Crippen MR) is 136 cm³/mol. The van der Waals surface area contributed by atoms with E-state index in [4.69, 9.17) is 4.74 Å². The third-order valence-corrected chi connectivity index (χ3v) is 7.09. The Bertz CT molecular complexity index is 966. The number of carboxylic acids is 1. The zero-order chi connectivity index (χ0) is 25.1. The number of rotatable bonds is 6. The Balaban J connectivity index is 1.66. The molecule has 1 saturated carbocycles. The number of hydrogen-bond donors (Lipinski definition) is 1. The molecule has 0 heterocycles. The van der Waals surface area contributed by atoms with E-state index < -0.39 is 17.5 Å². The highest BCUT2D eigenvalue weighted by Gasteiger charge is 2.30. The predicted octanol–water partition coefficient (Wildman–Crippen LogP) is 7.37. The third-order valence-electron chi connectivity index (χ3n) is 7.09. The lowest BCUT2D eigenvalue weighted by molar-refractivity contribution is -0.138. The van der Waals surface area contributed by atoms with E-state index in [1.54, 1.807) is 12.1 Å². The third kappa shape index (κ3) is 6.94. The first-order valence-electron chi connectivity index (χ1n) is 12.5. The first-order chi connectivity index (χ1) is 15.8. The van der Waals surface area contributed by atoms with Gasteiger partial charge >= 0.3 is 11.9 Å². The van der Waals surface area contributed by atoms with Gasteiger partial charge in [0.05, 0.1) is 11.5 Å². The minimum atomic E-state index is -0.838. The molecule has 184 valence electrons. The molecule has 1 atom stereocenters. The Morgan fingerprint density at radius 3 is 1.91 bits per heavy atom. The summed E-state index contributed by atoms with van der Waals surface area (Å²) in [4.78, 5) is 24.3. The fraction of sp³-hybridized carbons (Fsp3) is 0.533. The fourth-order valence-corrected chi connectivity index (χ4v) is 4.99. The van der Waals surface area contributed by atoms with Crippen molar-refractivity contribution in [1.82, 2.24) is 0 Å². The molecular formula is C30H40O4. The van der Waals surface area contributed by atoms with Crippen molar-refractivity contribution in [3.05, 3.63) is 70.8 Å². The summed E-state index contributed by atoms with van der Waals surface area (Å²) >= 11 is 0. The first-order valence-corrected chi connectivity index (χ1v) is 12.5. The van der Waals surface area contributed by atoms with Crippen LogP contribution in [0, 0.1) is 11.3 Å². The number of carbonyl (C=O) groups excluding carboxylic acids is 1. The molecule has 0 aliphatic heterocycles. The van der Waals surface area contributed by atoms with Gasteiger partial charge in [0.2, 0.25) is 0 Å². The van der Waals surface area contributed by atoms with Crippen LogP contribution in [0.2, 0.25) is 0 Å². The summed E-state index contributed by atoms with van der Waals surface area (Å²) in [6, 6.07) is 15.3. The van der Waals surface area contributed by atoms with Crippen LogP contribution in [0.25, 0.3) is 0 Å². The maximum Gasteiger partial charge on any atom is 0.338 e. The molecule has 0 spiro atoms. The number of esters is 1. The summed E-state index contributed by atoms with van der Waals surface area (Å²) in [5.74, 6) is -0.494. The van der Waals surface area contributed by atoms with Gasteiger partial charge in [-0.1, -0.05) is 57.2 Å². The molecule has 3 rings (SSSR count). The van der Waals surface area contributed by atoms with Gasteiger partial charge in [-0.25, -0.2) is 4.79 Å². The molecule has 1 aliphatic rings. The lowest BCUT2D eigenvalue weighted by Crippen LogP contribution is -2.25. The average molecular weight is 465 g/mol. The van der Waals surface area contributed by atoms with Crippen LogP contribution in [-0.2, 0) is 16.0 Å². The van der Waals surface area contributed by atoms with Crippen molar-refractivity contribution >= 4 is 11.9 Å². The summed E-state index contributed by atoms with van der Waals surface area (Å²) in [5, 5.41) is 9.91. The first kappa shape index (κ1) is 26.0. The summed E-state index contributed by atoms with van der Waals surface area (Å²) in [6.45, 7) is 12.5. The number of ether oxygens (including phenoxy) is 1. The van der Waals surface area contributed by atoms with Crippen molar-refractivity contribution in [2.75, 3.05) is 0 Å². The molecule has 2 aromatic rings. The molecule has 4 heteroatoms. The van der Waals surface area contributed by atoms with Gasteiger partial charge in [-0.05, 0) is 98.9 Å². The van der Waals surface area contributed by atoms with E-state index in [0.717, 1.165) is 17.0 Å². The Morgan fingerprint density at radius 2 is 1.44 bits per heavy atom. The second-order valence-corrected chi connectivity index (χ2v) is 11.9. The summed E-state index contributed by atoms with van der Waals surface area (Å²) in [7, 11) is 0. The van der Waals surface area contributed by atoms with Gasteiger partial charge in [-0.3, -0.25) is 4.79 Å². The summed E-state index contributed by atoms with van der Waals surface area (Å²) in [5.41, 5.74) is 3.30. The van der Waals surface area contributed by atoms with Gasteiger partial charge < -0.3 is 9.84 Å². The molecule has 0 radical (unpaired) electrons. The van der Waals surface area contributed by atoms with Crippen LogP contribution in [0.3, 0.4) is 0 Å². The van der Waals surface area contributed by atoms with E-state index in [1.807, 2.05) is 45.0 Å². The van der Waals surface area contributed by atoms with Gasteiger partial charge in [0.15, 0.2) is 0 Å². The van der Waals surface area contributed by atoms with Crippen LogP contribution in [0.1, 0.15) is 106 Å². The summed E-state index contributed by atoms with van der Waals surface area (Å²) < 4.78 is 5.40. The van der Waals surface area contributed by atoms with E-state index in [2.05, 4.69) is 32.9 Å². The Labute approximate surface area is 204 Å². The van der Waals surface area contributed by atoms with Crippen LogP contribution in [0.4, 0.5) is 0 Å². The lowest BCUT2D eigenvalue weighted by atomic mass is 9.68. The van der Waals surface area contributed by atoms with Gasteiger partial charge in [0.1, 0.15) is 5.60 Å². The second-order valence-electron chi connectivity index (χ2n) is 11.9. The van der Waals surface area contributed by atoms with E-state index in [9.17, 15) is 14.7 Å². The molecule has 34 heavy (non-hydrogen) atoms. The van der Waals surface area contributed by atoms with Gasteiger partial charge in [0, 0.05) is 0 Å². The molecule has 1 aliphatic carbocycles. The van der Waals surface area contributed by atoms with Crippen molar-refractivity contribution in [1.29, 1.82) is 0 Å². The van der Waals surface area contributed by atoms with Crippen LogP contribution < -0.4 is 0 Å². The topological polar surface area (TPSA) is 63.6 Å². The quantitative estimate of drug-likeness (QED) is 0.453. The Kier molecular flexibility index (Phi) is 7.90. The van der Waals surface area contributed by atoms with Gasteiger partial charge in [0.25, 0.3) is 0 Å². The molecule has 0 bridgehead atoms. The molecule has 1 N–H and O–H groups in total. The van der Waals surface area contributed by atoms with Crippen LogP contribution in [0.5, 0.6) is 0 Å². The van der Waals surface area contributed by atoms with E-state index >= 15 is 0 Å². The molecule has 2 aromatic carbocycles. The van der Waals surface area contributed by atoms with E-state index in [0.29, 0.717) is 23.3 Å². The van der Waals surface area contributed by atoms with Crippen LogP contribution in [0.15, 0.2) is 48.5 Å². The Morgan fingerprint density at radius 1 is 0.882 bits per heavy atom. The number of aliphatic carboxylic acids is 1. The number of hydrogen-bond acceptors (Lipinski definition) is 3. The highest BCUT2D eigenvalue weighted by atomic mass is 16.6. The second kappa shape index (κ2) is 10.3. The van der Waals surface area contributed by atoms with Gasteiger partial charge in [-0.2, -0.15) is 0 Å². The molecule has 4 nitrogen and oxygen atoms in total. The smallest absolute Gasteiger partial charge is 0.338 e. The zero-order valence-electron chi connectivity index (χ0n) is 21.6. The highest BCUT2D eigenvalue weighted by Crippen LogP contribution is 2.43. The van der Waals surface area contributed by atoms with Crippen molar-refractivity contribution in [3.8, 4) is 0 Å². The minimum absolute atomic E-state index is 0.370. The molecule has 0 saturated heterocycles. The SMILES string of the molecule is CC(C)(C)OC(=O)c1ccc(CC(C(=O)O)c2ccc(C3CCC(C(C)(C)C)CC3)cc2)cc1. The normalized spacial score (nSPS) is 19.9. The van der Waals surface area contributed by atoms with E-state index in [1.165, 1.54) is 31.2 Å². The van der Waals surface area contributed by atoms with E-state index in [-0.39, 0.29) is 5.97 Å². The maximum atomic E-state index is 12.2. The fourth-order valence-electron chi connectivity index (χ4n) is 4.99. The standard InChI is InChI=1S/C30H40O4/c1-29(2,3)25-17-15-22(16-18-25)21-11-13-23(14-12-21)26(27(31)32)19-20-7-9-24(10-8-20)28(33)34-30(4,5)6/h7-14,22,25-26H,15-19H2,1-6H3,(H,31,32). The van der Waals surface area contributed by atoms with Crippen molar-refractivity contribution < 1.29 is 19.4 Å². The van der Waals surface area contributed by atoms with Crippen molar-refractivity contribution in [2.45, 2.75) is 91.1 Å². The monoisotopic (exact) mass is 464 g/mol. The van der Waals surface area contributed by atoms with Crippen molar-refractivity contribution in [3.63, 3.8) is 0 Å². The average Bonchev–Trinajstić information content (AvgIpc) is 2.76. The lowest BCUT2D eigenvalue weighted by Gasteiger charge is -2.37. The van der Waals surface area contributed by atoms with Crippen LogP contribution >= 0.6 is 0 Å². The number of benzene rings is 2. The molecular weight excluding hydrogens is 424 g/mol. The number of carboxylic acid groups (broad SMARTS) is 1. The highest BCUT2D eigenvalue weighted by molar-refractivity contribution is 5.89.